The molecule has 1 aromatic rings. The molecule has 1 aliphatic heterocycles. The van der Waals surface area contributed by atoms with E-state index in [1.165, 1.54) is 0 Å². The number of aromatic nitrogens is 1. The van der Waals surface area contributed by atoms with Crippen LogP contribution in [0.2, 0.25) is 0 Å². The van der Waals surface area contributed by atoms with Crippen LogP contribution in [0.15, 0.2) is 24.4 Å². The highest BCUT2D eigenvalue weighted by Crippen LogP contribution is 2.22. The Morgan fingerprint density at radius 1 is 1.47 bits per heavy atom. The van der Waals surface area contributed by atoms with E-state index in [0.29, 0.717) is 6.42 Å². The van der Waals surface area contributed by atoms with Gasteiger partial charge in [0.2, 0.25) is 0 Å². The molecule has 1 aliphatic rings. The Morgan fingerprint density at radius 2 is 2.33 bits per heavy atom. The van der Waals surface area contributed by atoms with Crippen molar-refractivity contribution in [2.45, 2.75) is 25.3 Å². The quantitative estimate of drug-likeness (QED) is 0.797. The van der Waals surface area contributed by atoms with Crippen molar-refractivity contribution in [3.05, 3.63) is 24.4 Å². The van der Waals surface area contributed by atoms with Gasteiger partial charge in [0.05, 0.1) is 0 Å². The second kappa shape index (κ2) is 4.29. The number of hydrogen-bond acceptors (Lipinski definition) is 3. The van der Waals surface area contributed by atoms with Gasteiger partial charge >= 0.3 is 5.97 Å². The first-order valence-corrected chi connectivity index (χ1v) is 5.19. The fraction of sp³-hybridized carbons (Fsp3) is 0.455. The zero-order valence-electron chi connectivity index (χ0n) is 8.47. The SMILES string of the molecule is O=C(O)[C@@H]1CCCCN1c1ccccn1. The number of carboxylic acid groups (broad SMARTS) is 1. The van der Waals surface area contributed by atoms with Crippen LogP contribution in [0.5, 0.6) is 0 Å². The van der Waals surface area contributed by atoms with Crippen molar-refractivity contribution in [2.24, 2.45) is 0 Å². The number of aliphatic carboxylic acids is 1. The highest BCUT2D eigenvalue weighted by atomic mass is 16.4. The average Bonchev–Trinajstić information content (AvgIpc) is 2.30. The van der Waals surface area contributed by atoms with E-state index in [9.17, 15) is 4.79 Å². The summed E-state index contributed by atoms with van der Waals surface area (Å²) >= 11 is 0. The molecular formula is C11H14N2O2. The number of carbonyl (C=O) groups is 1. The lowest BCUT2D eigenvalue weighted by molar-refractivity contribution is -0.139. The third-order valence-electron chi connectivity index (χ3n) is 2.73. The number of nitrogens with zero attached hydrogens (tertiary/aromatic N) is 2. The fourth-order valence-electron chi connectivity index (χ4n) is 1.99. The smallest absolute Gasteiger partial charge is 0.326 e. The Bertz CT molecular complexity index is 340. The monoisotopic (exact) mass is 206 g/mol. The van der Waals surface area contributed by atoms with E-state index in [-0.39, 0.29) is 0 Å². The molecule has 1 fully saturated rings. The molecule has 0 aliphatic carbocycles. The maximum absolute atomic E-state index is 11.1. The van der Waals surface area contributed by atoms with Crippen LogP contribution in [0.1, 0.15) is 19.3 Å². The molecular weight excluding hydrogens is 192 g/mol. The predicted octanol–water partition coefficient (Wildman–Crippen LogP) is 1.53. The molecule has 15 heavy (non-hydrogen) atoms. The van der Waals surface area contributed by atoms with E-state index in [1.807, 2.05) is 23.1 Å². The number of rotatable bonds is 2. The van der Waals surface area contributed by atoms with Crippen LogP contribution in [0.3, 0.4) is 0 Å². The lowest BCUT2D eigenvalue weighted by Crippen LogP contribution is -2.45. The third-order valence-corrected chi connectivity index (χ3v) is 2.73. The van der Waals surface area contributed by atoms with Gasteiger partial charge in [-0.1, -0.05) is 6.07 Å². The van der Waals surface area contributed by atoms with E-state index in [2.05, 4.69) is 4.98 Å². The molecule has 1 saturated heterocycles. The van der Waals surface area contributed by atoms with Crippen molar-refractivity contribution >= 4 is 11.8 Å². The normalized spacial score (nSPS) is 21.3. The van der Waals surface area contributed by atoms with Crippen molar-refractivity contribution in [1.82, 2.24) is 4.98 Å². The minimum absolute atomic E-state index is 0.409. The molecule has 1 aromatic heterocycles. The standard InChI is InChI=1S/C11H14N2O2/c14-11(15)9-5-2-4-8-13(9)10-6-1-3-7-12-10/h1,3,6-7,9H,2,4-5,8H2,(H,14,15)/t9-/m0/s1. The van der Waals surface area contributed by atoms with Crippen LogP contribution >= 0.6 is 0 Å². The van der Waals surface area contributed by atoms with Crippen LogP contribution < -0.4 is 4.90 Å². The lowest BCUT2D eigenvalue weighted by Gasteiger charge is -2.33. The fourth-order valence-corrected chi connectivity index (χ4v) is 1.99. The molecule has 2 heterocycles. The Labute approximate surface area is 88.6 Å². The van der Waals surface area contributed by atoms with E-state index < -0.39 is 12.0 Å². The van der Waals surface area contributed by atoms with Crippen molar-refractivity contribution in [1.29, 1.82) is 0 Å². The molecule has 1 N–H and O–H groups in total. The Kier molecular flexibility index (Phi) is 2.85. The average molecular weight is 206 g/mol. The van der Waals surface area contributed by atoms with E-state index in [1.54, 1.807) is 6.20 Å². The molecule has 0 amide bonds. The van der Waals surface area contributed by atoms with Gasteiger partial charge in [0, 0.05) is 12.7 Å². The van der Waals surface area contributed by atoms with E-state index >= 15 is 0 Å². The van der Waals surface area contributed by atoms with Gasteiger partial charge in [0.1, 0.15) is 11.9 Å². The third kappa shape index (κ3) is 2.09. The second-order valence-corrected chi connectivity index (χ2v) is 3.73. The van der Waals surface area contributed by atoms with Gasteiger partial charge in [-0.3, -0.25) is 0 Å². The van der Waals surface area contributed by atoms with Crippen LogP contribution in [-0.4, -0.2) is 28.6 Å². The summed E-state index contributed by atoms with van der Waals surface area (Å²) in [5.74, 6) is 0.0185. The maximum Gasteiger partial charge on any atom is 0.326 e. The van der Waals surface area contributed by atoms with Gasteiger partial charge in [-0.05, 0) is 31.4 Å². The molecule has 1 atom stereocenters. The molecule has 0 radical (unpaired) electrons. The summed E-state index contributed by atoms with van der Waals surface area (Å²) < 4.78 is 0. The minimum Gasteiger partial charge on any atom is -0.480 e. The molecule has 2 rings (SSSR count). The van der Waals surface area contributed by atoms with Gasteiger partial charge in [0.25, 0.3) is 0 Å². The zero-order valence-corrected chi connectivity index (χ0v) is 8.47. The summed E-state index contributed by atoms with van der Waals surface area (Å²) in [5.41, 5.74) is 0. The summed E-state index contributed by atoms with van der Waals surface area (Å²) in [6.07, 6.45) is 4.44. The summed E-state index contributed by atoms with van der Waals surface area (Å²) in [5, 5.41) is 9.10. The summed E-state index contributed by atoms with van der Waals surface area (Å²) in [6.45, 7) is 0.786. The topological polar surface area (TPSA) is 53.4 Å². The molecule has 4 heteroatoms. The largest absolute Gasteiger partial charge is 0.480 e. The van der Waals surface area contributed by atoms with Crippen LogP contribution in [0.4, 0.5) is 5.82 Å². The lowest BCUT2D eigenvalue weighted by atomic mass is 10.0. The van der Waals surface area contributed by atoms with Gasteiger partial charge in [-0.2, -0.15) is 0 Å². The van der Waals surface area contributed by atoms with Crippen LogP contribution in [0.25, 0.3) is 0 Å². The summed E-state index contributed by atoms with van der Waals surface area (Å²) in [4.78, 5) is 17.1. The van der Waals surface area contributed by atoms with Crippen molar-refractivity contribution in [3.8, 4) is 0 Å². The zero-order chi connectivity index (χ0) is 10.7. The number of carboxylic acids is 1. The highest BCUT2D eigenvalue weighted by molar-refractivity contribution is 5.77. The van der Waals surface area contributed by atoms with E-state index in [4.69, 9.17) is 5.11 Å². The van der Waals surface area contributed by atoms with Gasteiger partial charge in [-0.15, -0.1) is 0 Å². The number of anilines is 1. The van der Waals surface area contributed by atoms with Gasteiger partial charge < -0.3 is 10.0 Å². The minimum atomic E-state index is -0.750. The van der Waals surface area contributed by atoms with E-state index in [0.717, 1.165) is 25.2 Å². The summed E-state index contributed by atoms with van der Waals surface area (Å²) in [6, 6.07) is 5.18. The molecule has 0 aromatic carbocycles. The highest BCUT2D eigenvalue weighted by Gasteiger charge is 2.28. The number of pyridine rings is 1. The summed E-state index contributed by atoms with van der Waals surface area (Å²) in [7, 11) is 0. The Balaban J connectivity index is 2.22. The molecule has 0 bridgehead atoms. The first-order valence-electron chi connectivity index (χ1n) is 5.19. The predicted molar refractivity (Wildman–Crippen MR) is 56.9 cm³/mol. The maximum atomic E-state index is 11.1. The molecule has 0 unspecified atom stereocenters. The molecule has 0 saturated carbocycles. The molecule has 4 nitrogen and oxygen atoms in total. The molecule has 0 spiro atoms. The van der Waals surface area contributed by atoms with Crippen LogP contribution in [-0.2, 0) is 4.79 Å². The van der Waals surface area contributed by atoms with Gasteiger partial charge in [0.15, 0.2) is 0 Å². The number of piperidine rings is 1. The van der Waals surface area contributed by atoms with Crippen molar-refractivity contribution < 1.29 is 9.90 Å². The molecule has 80 valence electrons. The first-order chi connectivity index (χ1) is 7.29. The Morgan fingerprint density at radius 3 is 3.00 bits per heavy atom. The Hall–Kier alpha value is -1.58. The first kappa shape index (κ1) is 9.96. The van der Waals surface area contributed by atoms with Crippen molar-refractivity contribution in [3.63, 3.8) is 0 Å². The second-order valence-electron chi connectivity index (χ2n) is 3.73. The van der Waals surface area contributed by atoms with Crippen LogP contribution in [0, 0.1) is 0 Å². The van der Waals surface area contributed by atoms with Gasteiger partial charge in [-0.25, -0.2) is 9.78 Å². The number of hydrogen-bond donors (Lipinski definition) is 1. The van der Waals surface area contributed by atoms with Crippen molar-refractivity contribution in [2.75, 3.05) is 11.4 Å².